The predicted molar refractivity (Wildman–Crippen MR) is 57.7 cm³/mol. The molecule has 1 atom stereocenters. The fourth-order valence-corrected chi connectivity index (χ4v) is 1.71. The summed E-state index contributed by atoms with van der Waals surface area (Å²) in [4.78, 5) is 12.2. The van der Waals surface area contributed by atoms with E-state index < -0.39 is 8.32 Å². The summed E-state index contributed by atoms with van der Waals surface area (Å²) >= 11 is 0. The molecule has 13 heavy (non-hydrogen) atoms. The van der Waals surface area contributed by atoms with Crippen LogP contribution in [0.4, 0.5) is 0 Å². The number of hydrogen-bond acceptors (Lipinski definition) is 1. The van der Waals surface area contributed by atoms with Gasteiger partial charge in [0.15, 0.2) is 0 Å². The predicted octanol–water partition coefficient (Wildman–Crippen LogP) is 3.15. The fourth-order valence-electron chi connectivity index (χ4n) is 0.571. The molecule has 0 aliphatic rings. The van der Waals surface area contributed by atoms with Gasteiger partial charge in [0.25, 0.3) is 8.32 Å². The first-order chi connectivity index (χ1) is 5.46. The summed E-state index contributed by atoms with van der Waals surface area (Å²) in [6, 6.07) is 0. The van der Waals surface area contributed by atoms with E-state index in [9.17, 15) is 4.80 Å². The molecule has 0 spiro atoms. The molecule has 0 bridgehead atoms. The largest absolute Gasteiger partial charge is 0.376 e. The van der Waals surface area contributed by atoms with Crippen LogP contribution in [0.2, 0.25) is 11.6 Å². The smallest absolute Gasteiger partial charge is 0.264 e. The van der Waals surface area contributed by atoms with Gasteiger partial charge in [-0.15, -0.1) is 0 Å². The highest BCUT2D eigenvalue weighted by Crippen LogP contribution is 2.35. The monoisotopic (exact) mass is 203 g/mol. The molecule has 0 N–H and O–H groups in total. The molecule has 0 rings (SSSR count). The van der Waals surface area contributed by atoms with E-state index >= 15 is 0 Å². The van der Waals surface area contributed by atoms with Gasteiger partial charge in [-0.1, -0.05) is 20.8 Å². The molecule has 0 saturated carbocycles. The van der Waals surface area contributed by atoms with Crippen LogP contribution >= 0.6 is 0 Å². The maximum atomic E-state index is 12.2. The van der Waals surface area contributed by atoms with E-state index in [1.165, 1.54) is 0 Å². The lowest BCUT2D eigenvalue weighted by molar-refractivity contribution is 0.0136. The lowest BCUT2D eigenvalue weighted by Crippen LogP contribution is -2.46. The minimum absolute atomic E-state index is 0.127. The van der Waals surface area contributed by atoms with Gasteiger partial charge in [0.05, 0.1) is 11.8 Å². The zero-order chi connectivity index (χ0) is 10.9. The second kappa shape index (κ2) is 3.71. The van der Waals surface area contributed by atoms with E-state index in [1.807, 2.05) is 48.1 Å². The molecule has 0 aliphatic carbocycles. The van der Waals surface area contributed by atoms with Crippen LogP contribution in [-0.2, 0) is 9.53 Å². The lowest BCUT2D eigenvalue weighted by atomic mass is 10.2. The first kappa shape index (κ1) is 13.1. The van der Waals surface area contributed by atoms with E-state index in [0.717, 1.165) is 0 Å². The van der Waals surface area contributed by atoms with Gasteiger partial charge < -0.3 is 4.74 Å². The van der Waals surface area contributed by atoms with Gasteiger partial charge in [-0.2, -0.15) is 0 Å². The van der Waals surface area contributed by atoms with Gasteiger partial charge in [0, 0.05) is 0 Å². The van der Waals surface area contributed by atoms with Gasteiger partial charge in [0.1, 0.15) is 0 Å². The van der Waals surface area contributed by atoms with E-state index in [1.54, 1.807) is 0 Å². The van der Waals surface area contributed by atoms with Crippen LogP contribution < -0.4 is 0 Å². The van der Waals surface area contributed by atoms with E-state index in [2.05, 4.69) is 0 Å². The normalized spacial score (nSPS) is 18.5. The minimum atomic E-state index is -2.49. The molecule has 0 aromatic rings. The van der Waals surface area contributed by atoms with Crippen molar-refractivity contribution in [2.24, 2.45) is 0 Å². The molecule has 79 valence electrons. The summed E-state index contributed by atoms with van der Waals surface area (Å²) in [6.45, 7) is 13.8. The highest BCUT2D eigenvalue weighted by Gasteiger charge is 2.42. The Hall–Kier alpha value is 0.137. The topological polar surface area (TPSA) is 29.1 Å². The van der Waals surface area contributed by atoms with Crippen LogP contribution in [0.3, 0.4) is 0 Å². The van der Waals surface area contributed by atoms with Crippen molar-refractivity contribution >= 4 is 8.32 Å². The maximum absolute atomic E-state index is 12.2. The van der Waals surface area contributed by atoms with Gasteiger partial charge in [0.2, 0.25) is 0 Å². The maximum Gasteiger partial charge on any atom is 0.264 e. The highest BCUT2D eigenvalue weighted by atomic mass is 28.4. The zero-order valence-corrected chi connectivity index (χ0v) is 11.0. The molecule has 0 aromatic heterocycles. The quantitative estimate of drug-likeness (QED) is 0.634. The summed E-state index contributed by atoms with van der Waals surface area (Å²) in [6.07, 6.45) is 0.403. The second-order valence-electron chi connectivity index (χ2n) is 5.88. The van der Waals surface area contributed by atoms with Crippen molar-refractivity contribution in [3.8, 4) is 0 Å². The van der Waals surface area contributed by atoms with Gasteiger partial charge in [-0.25, -0.2) is 0 Å². The van der Waals surface area contributed by atoms with Crippen LogP contribution in [0.15, 0.2) is 0 Å². The van der Waals surface area contributed by atoms with Gasteiger partial charge >= 0.3 is 0 Å². The molecule has 0 fully saturated rings. The Morgan fingerprint density at radius 1 is 1.08 bits per heavy atom. The molecular weight excluding hydrogens is 180 g/mol. The Bertz CT molecular complexity index is 163. The summed E-state index contributed by atoms with van der Waals surface area (Å²) in [5, 5.41) is -0.127. The molecular formula is C10H23O2Si. The number of ether oxygens (including phenoxy) is 1. The third-order valence-corrected chi connectivity index (χ3v) is 6.24. The van der Waals surface area contributed by atoms with Crippen molar-refractivity contribution in [3.05, 3.63) is 0 Å². The Morgan fingerprint density at radius 2 is 1.46 bits per heavy atom. The molecule has 1 unspecified atom stereocenters. The van der Waals surface area contributed by atoms with E-state index in [4.69, 9.17) is 4.74 Å². The van der Waals surface area contributed by atoms with Crippen molar-refractivity contribution in [1.29, 1.82) is 0 Å². The highest BCUT2D eigenvalue weighted by molar-refractivity contribution is 6.73. The molecule has 0 aliphatic heterocycles. The van der Waals surface area contributed by atoms with E-state index in [-0.39, 0.29) is 10.6 Å². The summed E-state index contributed by atoms with van der Waals surface area (Å²) in [5.74, 6) is 0. The molecule has 2 nitrogen and oxygen atoms in total. The van der Waals surface area contributed by atoms with Crippen molar-refractivity contribution in [2.45, 2.75) is 58.7 Å². The SMILES string of the molecule is CC(C)(C)OC[Si](C)([O])C(C)(C)C. The van der Waals surface area contributed by atoms with Gasteiger partial charge in [-0.3, -0.25) is 4.80 Å². The summed E-state index contributed by atoms with van der Waals surface area (Å²) < 4.78 is 5.57. The average molecular weight is 203 g/mol. The Labute approximate surface area is 83.4 Å². The Morgan fingerprint density at radius 3 is 1.69 bits per heavy atom. The zero-order valence-electron chi connectivity index (χ0n) is 10.0. The fraction of sp³-hybridized carbons (Fsp3) is 1.00. The van der Waals surface area contributed by atoms with E-state index in [0.29, 0.717) is 6.23 Å². The molecule has 0 heterocycles. The standard InChI is InChI=1S/C10H23O2Si/c1-9(2,3)12-8-13(7,11)10(4,5)6/h8H2,1-7H3. The Kier molecular flexibility index (Phi) is 3.75. The van der Waals surface area contributed by atoms with Crippen molar-refractivity contribution in [3.63, 3.8) is 0 Å². The van der Waals surface area contributed by atoms with Gasteiger partial charge in [-0.05, 0) is 32.4 Å². The third kappa shape index (κ3) is 4.79. The molecule has 0 aromatic carbocycles. The number of hydrogen-bond donors (Lipinski definition) is 0. The first-order valence-corrected chi connectivity index (χ1v) is 7.42. The lowest BCUT2D eigenvalue weighted by Gasteiger charge is -2.34. The summed E-state index contributed by atoms with van der Waals surface area (Å²) in [7, 11) is -2.49. The molecule has 0 amide bonds. The molecule has 1 radical (unpaired) electrons. The Balaban J connectivity index is 4.21. The number of rotatable bonds is 2. The molecule has 0 saturated heterocycles. The van der Waals surface area contributed by atoms with Crippen LogP contribution in [0.25, 0.3) is 0 Å². The van der Waals surface area contributed by atoms with Crippen molar-refractivity contribution in [1.82, 2.24) is 0 Å². The first-order valence-electron chi connectivity index (χ1n) is 4.80. The van der Waals surface area contributed by atoms with Crippen LogP contribution in [0.1, 0.15) is 41.5 Å². The van der Waals surface area contributed by atoms with Crippen LogP contribution in [-0.4, -0.2) is 20.1 Å². The third-order valence-electron chi connectivity index (χ3n) is 2.37. The molecule has 3 heteroatoms. The minimum Gasteiger partial charge on any atom is -0.376 e. The summed E-state index contributed by atoms with van der Waals surface area (Å²) in [5.41, 5.74) is -0.191. The average Bonchev–Trinajstić information content (AvgIpc) is 1.79. The van der Waals surface area contributed by atoms with Crippen LogP contribution in [0.5, 0.6) is 0 Å². The van der Waals surface area contributed by atoms with Crippen molar-refractivity contribution in [2.75, 3.05) is 6.23 Å². The van der Waals surface area contributed by atoms with Crippen LogP contribution in [0, 0.1) is 0 Å². The second-order valence-corrected chi connectivity index (χ2v) is 10.1. The van der Waals surface area contributed by atoms with Crippen molar-refractivity contribution < 1.29 is 9.53 Å².